The van der Waals surface area contributed by atoms with Gasteiger partial charge in [-0.3, -0.25) is 9.59 Å². The number of nitrogens with zero attached hydrogens (tertiary/aromatic N) is 1. The van der Waals surface area contributed by atoms with Crippen molar-refractivity contribution >= 4 is 17.5 Å². The van der Waals surface area contributed by atoms with Crippen molar-refractivity contribution in [1.82, 2.24) is 4.90 Å². The lowest BCUT2D eigenvalue weighted by Crippen LogP contribution is -2.52. The Balaban J connectivity index is 1.44. The van der Waals surface area contributed by atoms with E-state index < -0.39 is 12.1 Å². The second-order valence-corrected chi connectivity index (χ2v) is 7.82. The molecule has 1 aliphatic heterocycles. The van der Waals surface area contributed by atoms with E-state index in [1.54, 1.807) is 4.90 Å². The Kier molecular flexibility index (Phi) is 6.94. The highest BCUT2D eigenvalue weighted by molar-refractivity contribution is 5.92. The number of amides is 2. The Bertz CT molecular complexity index is 1040. The van der Waals surface area contributed by atoms with Gasteiger partial charge < -0.3 is 20.1 Å². The molecule has 4 rings (SSSR count). The standard InChI is InChI=1S/C26H26N2O4/c29-17-23-26(32-18-25(31)28(23)16-20-9-5-2-6-10-20)21-11-13-22(14-12-21)27-24(30)15-19-7-3-1-4-8-19/h1-14,23,26,29H,15-18H2,(H,27,30)/t23-,26-/m1/s1. The minimum absolute atomic E-state index is 0.0381. The van der Waals surface area contributed by atoms with Crippen LogP contribution in [0.5, 0.6) is 0 Å². The number of hydrogen-bond acceptors (Lipinski definition) is 4. The number of nitrogens with one attached hydrogen (secondary N) is 1. The SMILES string of the molecule is O=C(Cc1ccccc1)Nc1ccc([C@H]2OCC(=O)N(Cc3ccccc3)[C@@H]2CO)cc1. The zero-order valence-corrected chi connectivity index (χ0v) is 17.7. The van der Waals surface area contributed by atoms with Gasteiger partial charge in [-0.1, -0.05) is 72.8 Å². The average Bonchev–Trinajstić information content (AvgIpc) is 2.82. The predicted octanol–water partition coefficient (Wildman–Crippen LogP) is 3.33. The number of benzene rings is 3. The lowest BCUT2D eigenvalue weighted by Gasteiger charge is -2.40. The molecule has 6 nitrogen and oxygen atoms in total. The van der Waals surface area contributed by atoms with Crippen molar-refractivity contribution in [3.8, 4) is 0 Å². The molecule has 164 valence electrons. The number of hydrogen-bond donors (Lipinski definition) is 2. The number of morpholine rings is 1. The predicted molar refractivity (Wildman–Crippen MR) is 122 cm³/mol. The number of ether oxygens (including phenoxy) is 1. The summed E-state index contributed by atoms with van der Waals surface area (Å²) in [5.41, 5.74) is 3.47. The fraction of sp³-hybridized carbons (Fsp3) is 0.231. The number of carbonyl (C=O) groups excluding carboxylic acids is 2. The van der Waals surface area contributed by atoms with Crippen LogP contribution in [0, 0.1) is 0 Å². The molecule has 0 aromatic heterocycles. The van der Waals surface area contributed by atoms with Crippen molar-refractivity contribution in [2.45, 2.75) is 25.1 Å². The molecule has 1 saturated heterocycles. The summed E-state index contributed by atoms with van der Waals surface area (Å²) in [5, 5.41) is 13.0. The Hall–Kier alpha value is -3.48. The molecule has 0 aliphatic carbocycles. The van der Waals surface area contributed by atoms with Crippen molar-refractivity contribution < 1.29 is 19.4 Å². The Morgan fingerprint density at radius 3 is 2.19 bits per heavy atom. The third-order valence-corrected chi connectivity index (χ3v) is 5.57. The van der Waals surface area contributed by atoms with Crippen molar-refractivity contribution in [3.63, 3.8) is 0 Å². The second kappa shape index (κ2) is 10.2. The van der Waals surface area contributed by atoms with Crippen LogP contribution in [-0.4, -0.2) is 41.1 Å². The van der Waals surface area contributed by atoms with Crippen LogP contribution in [-0.2, 0) is 27.3 Å². The van der Waals surface area contributed by atoms with Gasteiger partial charge in [-0.05, 0) is 28.8 Å². The van der Waals surface area contributed by atoms with Crippen molar-refractivity contribution in [3.05, 3.63) is 102 Å². The molecule has 3 aromatic rings. The van der Waals surface area contributed by atoms with Gasteiger partial charge in [0.05, 0.1) is 19.1 Å². The van der Waals surface area contributed by atoms with Crippen molar-refractivity contribution in [2.24, 2.45) is 0 Å². The average molecular weight is 431 g/mol. The molecule has 0 radical (unpaired) electrons. The summed E-state index contributed by atoms with van der Waals surface area (Å²) in [6.07, 6.45) is -0.146. The molecule has 0 spiro atoms. The normalized spacial score (nSPS) is 18.4. The molecular weight excluding hydrogens is 404 g/mol. The van der Waals surface area contributed by atoms with Gasteiger partial charge >= 0.3 is 0 Å². The van der Waals surface area contributed by atoms with Crippen molar-refractivity contribution in [2.75, 3.05) is 18.5 Å². The first kappa shape index (κ1) is 21.7. The molecule has 1 fully saturated rings. The van der Waals surface area contributed by atoms with E-state index in [0.29, 0.717) is 18.7 Å². The lowest BCUT2D eigenvalue weighted by atomic mass is 9.98. The highest BCUT2D eigenvalue weighted by Gasteiger charge is 2.37. The summed E-state index contributed by atoms with van der Waals surface area (Å²) in [6.45, 7) is 0.167. The van der Waals surface area contributed by atoms with Crippen molar-refractivity contribution in [1.29, 1.82) is 0 Å². The van der Waals surface area contributed by atoms with Gasteiger partial charge in [0.25, 0.3) is 0 Å². The first-order chi connectivity index (χ1) is 15.6. The topological polar surface area (TPSA) is 78.9 Å². The fourth-order valence-corrected chi connectivity index (χ4v) is 3.94. The maximum absolute atomic E-state index is 12.5. The van der Waals surface area contributed by atoms with E-state index in [2.05, 4.69) is 5.32 Å². The van der Waals surface area contributed by atoms with Gasteiger partial charge in [0.15, 0.2) is 0 Å². The number of aliphatic hydroxyl groups is 1. The number of rotatable bonds is 7. The molecule has 1 heterocycles. The van der Waals surface area contributed by atoms with Crippen LogP contribution in [0.3, 0.4) is 0 Å². The molecule has 1 aliphatic rings. The van der Waals surface area contributed by atoms with E-state index in [9.17, 15) is 14.7 Å². The van der Waals surface area contributed by atoms with Gasteiger partial charge in [-0.15, -0.1) is 0 Å². The third kappa shape index (κ3) is 5.22. The zero-order valence-electron chi connectivity index (χ0n) is 17.7. The molecule has 0 saturated carbocycles. The van der Waals surface area contributed by atoms with E-state index >= 15 is 0 Å². The Morgan fingerprint density at radius 1 is 0.938 bits per heavy atom. The van der Waals surface area contributed by atoms with Crippen LogP contribution in [0.1, 0.15) is 22.8 Å². The van der Waals surface area contributed by atoms with E-state index in [-0.39, 0.29) is 25.0 Å². The summed E-state index contributed by atoms with van der Waals surface area (Å²) >= 11 is 0. The summed E-state index contributed by atoms with van der Waals surface area (Å²) in [4.78, 5) is 26.5. The van der Waals surface area contributed by atoms with Crippen LogP contribution in [0.4, 0.5) is 5.69 Å². The number of anilines is 1. The number of aliphatic hydroxyl groups excluding tert-OH is 1. The smallest absolute Gasteiger partial charge is 0.249 e. The number of carbonyl (C=O) groups is 2. The Labute approximate surface area is 187 Å². The largest absolute Gasteiger partial charge is 0.394 e. The molecule has 2 atom stereocenters. The summed E-state index contributed by atoms with van der Waals surface area (Å²) in [6, 6.07) is 26.1. The maximum atomic E-state index is 12.5. The van der Waals surface area contributed by atoms with Gasteiger partial charge in [0.2, 0.25) is 11.8 Å². The van der Waals surface area contributed by atoms with Crippen LogP contribution in [0.15, 0.2) is 84.9 Å². The quantitative estimate of drug-likeness (QED) is 0.603. The van der Waals surface area contributed by atoms with Crippen LogP contribution in [0.25, 0.3) is 0 Å². The fourth-order valence-electron chi connectivity index (χ4n) is 3.94. The maximum Gasteiger partial charge on any atom is 0.249 e. The molecule has 2 N–H and O–H groups in total. The van der Waals surface area contributed by atoms with Gasteiger partial charge in [0, 0.05) is 12.2 Å². The highest BCUT2D eigenvalue weighted by Crippen LogP contribution is 2.31. The minimum atomic E-state index is -0.491. The van der Waals surface area contributed by atoms with Gasteiger partial charge in [0.1, 0.15) is 12.7 Å². The van der Waals surface area contributed by atoms with E-state index in [1.807, 2.05) is 84.9 Å². The Morgan fingerprint density at radius 2 is 1.56 bits per heavy atom. The minimum Gasteiger partial charge on any atom is -0.394 e. The third-order valence-electron chi connectivity index (χ3n) is 5.57. The second-order valence-electron chi connectivity index (χ2n) is 7.82. The molecule has 32 heavy (non-hydrogen) atoms. The van der Waals surface area contributed by atoms with E-state index in [1.165, 1.54) is 0 Å². The monoisotopic (exact) mass is 430 g/mol. The highest BCUT2D eigenvalue weighted by atomic mass is 16.5. The van der Waals surface area contributed by atoms with Crippen LogP contribution < -0.4 is 5.32 Å². The molecule has 0 bridgehead atoms. The molecule has 2 amide bonds. The molecule has 3 aromatic carbocycles. The van der Waals surface area contributed by atoms with Crippen LogP contribution in [0.2, 0.25) is 0 Å². The van der Waals surface area contributed by atoms with E-state index in [0.717, 1.165) is 16.7 Å². The van der Waals surface area contributed by atoms with Crippen LogP contribution >= 0.6 is 0 Å². The molecule has 0 unspecified atom stereocenters. The van der Waals surface area contributed by atoms with Gasteiger partial charge in [-0.2, -0.15) is 0 Å². The van der Waals surface area contributed by atoms with E-state index in [4.69, 9.17) is 4.74 Å². The lowest BCUT2D eigenvalue weighted by molar-refractivity contribution is -0.162. The first-order valence-electron chi connectivity index (χ1n) is 10.6. The first-order valence-corrected chi connectivity index (χ1v) is 10.6. The summed E-state index contributed by atoms with van der Waals surface area (Å²) in [5.74, 6) is -0.236. The molecular formula is C26H26N2O4. The summed E-state index contributed by atoms with van der Waals surface area (Å²) < 4.78 is 5.81. The summed E-state index contributed by atoms with van der Waals surface area (Å²) in [7, 11) is 0. The zero-order chi connectivity index (χ0) is 22.3. The van der Waals surface area contributed by atoms with Gasteiger partial charge in [-0.25, -0.2) is 0 Å². The molecule has 6 heteroatoms.